The Balaban J connectivity index is 1.90. The molecular formula is C15H15Cl2N3. The Bertz CT molecular complexity index is 616. The van der Waals surface area contributed by atoms with Crippen LogP contribution in [0.1, 0.15) is 11.1 Å². The highest BCUT2D eigenvalue weighted by Crippen LogP contribution is 2.26. The first-order valence-electron chi connectivity index (χ1n) is 6.58. The minimum atomic E-state index is 0.427. The highest BCUT2D eigenvalue weighted by molar-refractivity contribution is 6.32. The van der Waals surface area contributed by atoms with Crippen molar-refractivity contribution in [3.63, 3.8) is 0 Å². The van der Waals surface area contributed by atoms with E-state index < -0.39 is 0 Å². The Hall–Kier alpha value is -1.29. The molecule has 3 rings (SSSR count). The van der Waals surface area contributed by atoms with Gasteiger partial charge in [-0.25, -0.2) is 4.98 Å². The van der Waals surface area contributed by atoms with Gasteiger partial charge in [-0.2, -0.15) is 0 Å². The van der Waals surface area contributed by atoms with Crippen molar-refractivity contribution < 1.29 is 0 Å². The monoisotopic (exact) mass is 307 g/mol. The average Bonchev–Trinajstić information content (AvgIpc) is 2.65. The van der Waals surface area contributed by atoms with Gasteiger partial charge in [0, 0.05) is 37.4 Å². The maximum atomic E-state index is 6.18. The first-order chi connectivity index (χ1) is 9.74. The Morgan fingerprint density at radius 3 is 2.85 bits per heavy atom. The van der Waals surface area contributed by atoms with Crippen LogP contribution in [0.2, 0.25) is 10.3 Å². The van der Waals surface area contributed by atoms with Crippen LogP contribution in [0.3, 0.4) is 0 Å². The van der Waals surface area contributed by atoms with E-state index in [0.29, 0.717) is 10.3 Å². The van der Waals surface area contributed by atoms with Crippen molar-refractivity contribution >= 4 is 28.9 Å². The van der Waals surface area contributed by atoms with Gasteiger partial charge in [-0.05, 0) is 17.7 Å². The van der Waals surface area contributed by atoms with Crippen molar-refractivity contribution in [2.24, 2.45) is 0 Å². The lowest BCUT2D eigenvalue weighted by Crippen LogP contribution is -2.28. The van der Waals surface area contributed by atoms with Crippen molar-refractivity contribution in [1.82, 2.24) is 10.3 Å². The quantitative estimate of drug-likeness (QED) is 0.861. The van der Waals surface area contributed by atoms with E-state index in [9.17, 15) is 0 Å². The van der Waals surface area contributed by atoms with Gasteiger partial charge in [-0.3, -0.25) is 0 Å². The first-order valence-corrected chi connectivity index (χ1v) is 7.34. The van der Waals surface area contributed by atoms with Gasteiger partial charge in [-0.1, -0.05) is 47.5 Å². The number of rotatable bonds is 2. The second kappa shape index (κ2) is 6.00. The van der Waals surface area contributed by atoms with Crippen LogP contribution in [0.5, 0.6) is 0 Å². The molecule has 0 unspecified atom stereocenters. The molecule has 3 nitrogen and oxygen atoms in total. The van der Waals surface area contributed by atoms with Crippen LogP contribution >= 0.6 is 23.2 Å². The molecule has 0 atom stereocenters. The van der Waals surface area contributed by atoms with Crippen LogP contribution in [0, 0.1) is 0 Å². The van der Waals surface area contributed by atoms with Crippen molar-refractivity contribution in [3.8, 4) is 0 Å². The van der Waals surface area contributed by atoms with Crippen LogP contribution in [0.25, 0.3) is 0 Å². The molecule has 0 saturated heterocycles. The molecule has 0 bridgehead atoms. The van der Waals surface area contributed by atoms with E-state index in [1.807, 2.05) is 6.07 Å². The number of pyridine rings is 1. The third-order valence-electron chi connectivity index (χ3n) is 3.46. The van der Waals surface area contributed by atoms with E-state index in [-0.39, 0.29) is 0 Å². The van der Waals surface area contributed by atoms with Crippen LogP contribution in [0.4, 0.5) is 5.69 Å². The van der Waals surface area contributed by atoms with Gasteiger partial charge >= 0.3 is 0 Å². The van der Waals surface area contributed by atoms with Crippen molar-refractivity contribution in [2.45, 2.75) is 13.1 Å². The van der Waals surface area contributed by atoms with Crippen molar-refractivity contribution in [1.29, 1.82) is 0 Å². The molecule has 0 fully saturated rings. The second-order valence-corrected chi connectivity index (χ2v) is 5.56. The molecular weight excluding hydrogens is 293 g/mol. The summed E-state index contributed by atoms with van der Waals surface area (Å²) in [6, 6.07) is 12.2. The number of hydrogen-bond acceptors (Lipinski definition) is 3. The summed E-state index contributed by atoms with van der Waals surface area (Å²) in [7, 11) is 0. The molecule has 0 amide bonds. The molecule has 20 heavy (non-hydrogen) atoms. The lowest BCUT2D eigenvalue weighted by Gasteiger charge is -2.25. The highest BCUT2D eigenvalue weighted by atomic mass is 35.5. The number of nitrogens with zero attached hydrogens (tertiary/aromatic N) is 2. The molecule has 1 N–H and O–H groups in total. The Morgan fingerprint density at radius 1 is 1.15 bits per heavy atom. The topological polar surface area (TPSA) is 28.2 Å². The summed E-state index contributed by atoms with van der Waals surface area (Å²) in [5.74, 6) is 0. The summed E-state index contributed by atoms with van der Waals surface area (Å²) < 4.78 is 0. The summed E-state index contributed by atoms with van der Waals surface area (Å²) in [4.78, 5) is 6.43. The summed E-state index contributed by atoms with van der Waals surface area (Å²) in [6.45, 7) is 3.53. The van der Waals surface area contributed by atoms with Gasteiger partial charge in [0.25, 0.3) is 0 Å². The number of halogens is 2. The molecule has 2 heterocycles. The minimum Gasteiger partial charge on any atom is -0.366 e. The zero-order chi connectivity index (χ0) is 13.9. The molecule has 0 saturated carbocycles. The molecule has 0 aliphatic carbocycles. The molecule has 5 heteroatoms. The van der Waals surface area contributed by atoms with Gasteiger partial charge in [0.05, 0.1) is 0 Å². The molecule has 0 radical (unpaired) electrons. The largest absolute Gasteiger partial charge is 0.366 e. The fraction of sp³-hybridized carbons (Fsp3) is 0.267. The maximum Gasteiger partial charge on any atom is 0.135 e. The molecule has 1 aromatic heterocycles. The number of benzene rings is 1. The lowest BCUT2D eigenvalue weighted by atomic mass is 10.1. The Morgan fingerprint density at radius 2 is 2.00 bits per heavy atom. The second-order valence-electron chi connectivity index (χ2n) is 4.81. The summed E-state index contributed by atoms with van der Waals surface area (Å²) in [6.07, 6.45) is 0. The number of para-hydroxylation sites is 1. The van der Waals surface area contributed by atoms with E-state index in [4.69, 9.17) is 23.2 Å². The number of anilines is 1. The fourth-order valence-corrected chi connectivity index (χ4v) is 2.86. The fourth-order valence-electron chi connectivity index (χ4n) is 2.46. The molecule has 1 aliphatic heterocycles. The predicted octanol–water partition coefficient (Wildman–Crippen LogP) is 3.50. The third kappa shape index (κ3) is 2.90. The number of hydrogen-bond donors (Lipinski definition) is 1. The van der Waals surface area contributed by atoms with Gasteiger partial charge in [0.2, 0.25) is 0 Å². The summed E-state index contributed by atoms with van der Waals surface area (Å²) >= 11 is 12.0. The van der Waals surface area contributed by atoms with E-state index in [2.05, 4.69) is 39.5 Å². The number of aromatic nitrogens is 1. The lowest BCUT2D eigenvalue weighted by molar-refractivity contribution is 0.688. The molecule has 2 aromatic rings. The van der Waals surface area contributed by atoms with Crippen molar-refractivity contribution in [3.05, 3.63) is 57.8 Å². The molecule has 1 aromatic carbocycles. The minimum absolute atomic E-state index is 0.427. The molecule has 1 aliphatic rings. The zero-order valence-electron chi connectivity index (χ0n) is 10.9. The smallest absolute Gasteiger partial charge is 0.135 e. The Labute approximate surface area is 128 Å². The third-order valence-corrected chi connectivity index (χ3v) is 4.00. The summed E-state index contributed by atoms with van der Waals surface area (Å²) in [5, 5.41) is 4.34. The maximum absolute atomic E-state index is 6.18. The number of nitrogens with one attached hydrogen (secondary N) is 1. The van der Waals surface area contributed by atoms with Crippen molar-refractivity contribution in [2.75, 3.05) is 18.0 Å². The Kier molecular flexibility index (Phi) is 4.10. The summed E-state index contributed by atoms with van der Waals surface area (Å²) in [5.41, 5.74) is 3.55. The first kappa shape index (κ1) is 13.7. The van der Waals surface area contributed by atoms with Gasteiger partial charge in [-0.15, -0.1) is 0 Å². The SMILES string of the molecule is Clc1ccc(CN2CCNCc3ccccc32)c(Cl)n1. The van der Waals surface area contributed by atoms with Gasteiger partial charge in [0.15, 0.2) is 0 Å². The van der Waals surface area contributed by atoms with E-state index in [1.165, 1.54) is 11.3 Å². The van der Waals surface area contributed by atoms with E-state index in [0.717, 1.165) is 31.7 Å². The normalized spacial score (nSPS) is 14.8. The average molecular weight is 308 g/mol. The highest BCUT2D eigenvalue weighted by Gasteiger charge is 2.16. The number of fused-ring (bicyclic) bond motifs is 1. The van der Waals surface area contributed by atoms with E-state index in [1.54, 1.807) is 6.07 Å². The van der Waals surface area contributed by atoms with Gasteiger partial charge < -0.3 is 10.2 Å². The zero-order valence-corrected chi connectivity index (χ0v) is 12.5. The van der Waals surface area contributed by atoms with Crippen LogP contribution in [-0.2, 0) is 13.1 Å². The van der Waals surface area contributed by atoms with Crippen LogP contribution in [0.15, 0.2) is 36.4 Å². The van der Waals surface area contributed by atoms with E-state index >= 15 is 0 Å². The van der Waals surface area contributed by atoms with Gasteiger partial charge in [0.1, 0.15) is 10.3 Å². The molecule has 0 spiro atoms. The van der Waals surface area contributed by atoms with Crippen LogP contribution < -0.4 is 10.2 Å². The molecule has 104 valence electrons. The standard InChI is InChI=1S/C15H15Cl2N3/c16-14-6-5-12(15(17)19-14)10-20-8-7-18-9-11-3-1-2-4-13(11)20/h1-6,18H,7-10H2. The van der Waals surface area contributed by atoms with Crippen LogP contribution in [-0.4, -0.2) is 18.1 Å². The predicted molar refractivity (Wildman–Crippen MR) is 83.5 cm³/mol.